The van der Waals surface area contributed by atoms with Crippen LogP contribution in [0.15, 0.2) is 12.4 Å². The molecule has 0 bridgehead atoms. The number of piperazine rings is 1. The van der Waals surface area contributed by atoms with Gasteiger partial charge in [-0.1, -0.05) is 0 Å². The molecule has 3 N–H and O–H groups in total. The molecule has 18 heavy (non-hydrogen) atoms. The molecule has 0 radical (unpaired) electrons. The Balaban J connectivity index is 2.23. The normalized spacial score (nSPS) is 22.7. The average Bonchev–Trinajstić information content (AvgIpc) is 2.38. The summed E-state index contributed by atoms with van der Waals surface area (Å²) in [5.41, 5.74) is 7.26. The number of aromatic nitrogens is 2. The number of hydrogen-bond acceptors (Lipinski definition) is 5. The fraction of sp³-hybridized carbons (Fsp3) is 0.583. The zero-order chi connectivity index (χ0) is 13.1. The SMILES string of the molecule is Cc1nccnc1C(C)N1CCNCC1C(N)=O. The number of carbonyl (C=O) groups is 1. The fourth-order valence-electron chi connectivity index (χ4n) is 2.43. The summed E-state index contributed by atoms with van der Waals surface area (Å²) < 4.78 is 0. The van der Waals surface area contributed by atoms with Gasteiger partial charge >= 0.3 is 0 Å². The van der Waals surface area contributed by atoms with E-state index < -0.39 is 0 Å². The maximum Gasteiger partial charge on any atom is 0.236 e. The molecule has 2 heterocycles. The van der Waals surface area contributed by atoms with Gasteiger partial charge in [-0.15, -0.1) is 0 Å². The highest BCUT2D eigenvalue weighted by atomic mass is 16.1. The van der Waals surface area contributed by atoms with E-state index >= 15 is 0 Å². The van der Waals surface area contributed by atoms with Crippen LogP contribution < -0.4 is 11.1 Å². The van der Waals surface area contributed by atoms with Crippen LogP contribution in [0.4, 0.5) is 0 Å². The lowest BCUT2D eigenvalue weighted by molar-refractivity contribution is -0.124. The summed E-state index contributed by atoms with van der Waals surface area (Å²) in [6.45, 7) is 6.20. The number of rotatable bonds is 3. The molecule has 0 aliphatic carbocycles. The quantitative estimate of drug-likeness (QED) is 0.762. The van der Waals surface area contributed by atoms with Crippen LogP contribution in [0, 0.1) is 6.92 Å². The molecule has 2 unspecified atom stereocenters. The highest BCUT2D eigenvalue weighted by Gasteiger charge is 2.32. The molecule has 2 atom stereocenters. The molecule has 1 aliphatic rings. The molecule has 1 aromatic heterocycles. The Hall–Kier alpha value is -1.53. The van der Waals surface area contributed by atoms with Crippen LogP contribution in [-0.4, -0.2) is 46.5 Å². The molecule has 98 valence electrons. The molecule has 1 aromatic rings. The molecular weight excluding hydrogens is 230 g/mol. The molecule has 0 spiro atoms. The summed E-state index contributed by atoms with van der Waals surface area (Å²) in [7, 11) is 0. The Bertz CT molecular complexity index is 436. The molecule has 1 saturated heterocycles. The first kappa shape index (κ1) is 12.9. The number of hydrogen-bond donors (Lipinski definition) is 2. The van der Waals surface area contributed by atoms with Crippen molar-refractivity contribution in [3.8, 4) is 0 Å². The summed E-state index contributed by atoms with van der Waals surface area (Å²) in [6, 6.07) is -0.242. The van der Waals surface area contributed by atoms with Crippen molar-refractivity contribution in [3.63, 3.8) is 0 Å². The first-order valence-electron chi connectivity index (χ1n) is 6.14. The average molecular weight is 249 g/mol. The van der Waals surface area contributed by atoms with Crippen molar-refractivity contribution in [3.05, 3.63) is 23.8 Å². The smallest absolute Gasteiger partial charge is 0.236 e. The van der Waals surface area contributed by atoms with E-state index in [0.717, 1.165) is 24.5 Å². The van der Waals surface area contributed by atoms with Crippen LogP contribution in [0.3, 0.4) is 0 Å². The Kier molecular flexibility index (Phi) is 3.88. The van der Waals surface area contributed by atoms with Crippen LogP contribution in [-0.2, 0) is 4.79 Å². The number of aryl methyl sites for hydroxylation is 1. The van der Waals surface area contributed by atoms with E-state index in [1.165, 1.54) is 0 Å². The molecular formula is C12H19N5O. The van der Waals surface area contributed by atoms with Gasteiger partial charge in [0.1, 0.15) is 6.04 Å². The predicted octanol–water partition coefficient (Wildman–Crippen LogP) is -0.395. The number of nitrogens with zero attached hydrogens (tertiary/aromatic N) is 3. The zero-order valence-electron chi connectivity index (χ0n) is 10.8. The van der Waals surface area contributed by atoms with Crippen molar-refractivity contribution in [2.75, 3.05) is 19.6 Å². The van der Waals surface area contributed by atoms with E-state index in [1.54, 1.807) is 12.4 Å². The second-order valence-electron chi connectivity index (χ2n) is 4.56. The maximum atomic E-state index is 11.5. The lowest BCUT2D eigenvalue weighted by Crippen LogP contribution is -2.57. The summed E-state index contributed by atoms with van der Waals surface area (Å²) in [6.07, 6.45) is 3.36. The molecule has 1 aliphatic heterocycles. The third-order valence-corrected chi connectivity index (χ3v) is 3.43. The van der Waals surface area contributed by atoms with Crippen LogP contribution in [0.2, 0.25) is 0 Å². The van der Waals surface area contributed by atoms with E-state index in [-0.39, 0.29) is 18.0 Å². The maximum absolute atomic E-state index is 11.5. The molecule has 2 rings (SSSR count). The van der Waals surface area contributed by atoms with Gasteiger partial charge in [-0.25, -0.2) is 0 Å². The van der Waals surface area contributed by atoms with Crippen molar-refractivity contribution in [1.82, 2.24) is 20.2 Å². The largest absolute Gasteiger partial charge is 0.368 e. The van der Waals surface area contributed by atoms with Gasteiger partial charge in [-0.05, 0) is 13.8 Å². The zero-order valence-corrected chi connectivity index (χ0v) is 10.8. The van der Waals surface area contributed by atoms with Crippen molar-refractivity contribution in [2.24, 2.45) is 5.73 Å². The summed E-state index contributed by atoms with van der Waals surface area (Å²) in [4.78, 5) is 22.2. The van der Waals surface area contributed by atoms with E-state index in [9.17, 15) is 4.79 Å². The lowest BCUT2D eigenvalue weighted by Gasteiger charge is -2.38. The number of amides is 1. The highest BCUT2D eigenvalue weighted by Crippen LogP contribution is 2.23. The summed E-state index contributed by atoms with van der Waals surface area (Å²) in [5.74, 6) is -0.296. The summed E-state index contributed by atoms with van der Waals surface area (Å²) >= 11 is 0. The molecule has 1 amide bonds. The van der Waals surface area contributed by atoms with Gasteiger partial charge in [-0.2, -0.15) is 0 Å². The van der Waals surface area contributed by atoms with Gasteiger partial charge in [0.25, 0.3) is 0 Å². The van der Waals surface area contributed by atoms with E-state index in [0.29, 0.717) is 6.54 Å². The highest BCUT2D eigenvalue weighted by molar-refractivity contribution is 5.80. The topological polar surface area (TPSA) is 84.1 Å². The van der Waals surface area contributed by atoms with Crippen LogP contribution >= 0.6 is 0 Å². The first-order valence-corrected chi connectivity index (χ1v) is 6.14. The van der Waals surface area contributed by atoms with Gasteiger partial charge in [0.05, 0.1) is 17.4 Å². The Labute approximate surface area is 107 Å². The first-order chi connectivity index (χ1) is 8.61. The number of carbonyl (C=O) groups excluding carboxylic acids is 1. The van der Waals surface area contributed by atoms with Gasteiger partial charge in [0, 0.05) is 32.0 Å². The second kappa shape index (κ2) is 5.41. The molecule has 0 aromatic carbocycles. The Morgan fingerprint density at radius 2 is 2.28 bits per heavy atom. The minimum Gasteiger partial charge on any atom is -0.368 e. The van der Waals surface area contributed by atoms with E-state index in [4.69, 9.17) is 5.73 Å². The minimum absolute atomic E-state index is 0.0401. The van der Waals surface area contributed by atoms with Crippen LogP contribution in [0.5, 0.6) is 0 Å². The monoisotopic (exact) mass is 249 g/mol. The standard InChI is InChI=1S/C12H19N5O/c1-8-11(16-4-3-15-8)9(2)17-6-5-14-7-10(17)12(13)18/h3-4,9-10,14H,5-7H2,1-2H3,(H2,13,18). The van der Waals surface area contributed by atoms with Crippen molar-refractivity contribution < 1.29 is 4.79 Å². The van der Waals surface area contributed by atoms with Crippen molar-refractivity contribution in [1.29, 1.82) is 0 Å². The van der Waals surface area contributed by atoms with Gasteiger partial charge in [-0.3, -0.25) is 19.7 Å². The van der Waals surface area contributed by atoms with Crippen LogP contribution in [0.25, 0.3) is 0 Å². The Morgan fingerprint density at radius 1 is 1.56 bits per heavy atom. The number of primary amides is 1. The number of nitrogens with two attached hydrogens (primary N) is 1. The second-order valence-corrected chi connectivity index (χ2v) is 4.56. The van der Waals surface area contributed by atoms with Crippen molar-refractivity contribution in [2.45, 2.75) is 25.9 Å². The number of nitrogens with one attached hydrogen (secondary N) is 1. The molecule has 0 saturated carbocycles. The molecule has 6 heteroatoms. The van der Waals surface area contributed by atoms with Crippen LogP contribution in [0.1, 0.15) is 24.4 Å². The third kappa shape index (κ3) is 2.49. The summed E-state index contributed by atoms with van der Waals surface area (Å²) in [5, 5.41) is 3.19. The minimum atomic E-state index is -0.296. The van der Waals surface area contributed by atoms with Gasteiger partial charge < -0.3 is 11.1 Å². The van der Waals surface area contributed by atoms with Gasteiger partial charge in [0.15, 0.2) is 0 Å². The molecule has 6 nitrogen and oxygen atoms in total. The molecule has 1 fully saturated rings. The predicted molar refractivity (Wildman–Crippen MR) is 67.7 cm³/mol. The fourth-order valence-corrected chi connectivity index (χ4v) is 2.43. The van der Waals surface area contributed by atoms with E-state index in [2.05, 4.69) is 20.2 Å². The van der Waals surface area contributed by atoms with Gasteiger partial charge in [0.2, 0.25) is 5.91 Å². The Morgan fingerprint density at radius 3 is 2.94 bits per heavy atom. The van der Waals surface area contributed by atoms with E-state index in [1.807, 2.05) is 13.8 Å². The van der Waals surface area contributed by atoms with Crippen molar-refractivity contribution >= 4 is 5.91 Å². The lowest BCUT2D eigenvalue weighted by atomic mass is 10.1. The third-order valence-electron chi connectivity index (χ3n) is 3.43.